The molecule has 15 unspecified atom stereocenters. The zero-order chi connectivity index (χ0) is 49.1. The quantitative estimate of drug-likeness (QED) is 0.0905. The van der Waals surface area contributed by atoms with Crippen LogP contribution in [0.1, 0.15) is 192 Å². The summed E-state index contributed by atoms with van der Waals surface area (Å²) in [5.74, 6) is 9.10. The van der Waals surface area contributed by atoms with Gasteiger partial charge in [0.25, 0.3) is 0 Å². The van der Waals surface area contributed by atoms with E-state index in [2.05, 4.69) is 40.5 Å². The Bertz CT molecular complexity index is 2330. The lowest BCUT2D eigenvalue weighted by molar-refractivity contribution is -0.0621. The molecule has 7 heterocycles. The molecule has 1 spiro atoms. The van der Waals surface area contributed by atoms with Crippen molar-refractivity contribution in [1.29, 1.82) is 0 Å². The van der Waals surface area contributed by atoms with E-state index in [0.29, 0.717) is 5.54 Å². The second-order valence-electron chi connectivity index (χ2n) is 24.6. The van der Waals surface area contributed by atoms with E-state index in [0.717, 1.165) is 124 Å². The maximum Gasteiger partial charge on any atom is 0.119 e. The van der Waals surface area contributed by atoms with E-state index in [4.69, 9.17) is 9.47 Å². The Morgan fingerprint density at radius 1 is 0.676 bits per heavy atom. The number of nitrogens with zero attached hydrogens (tertiary/aromatic N) is 4. The van der Waals surface area contributed by atoms with Crippen LogP contribution in [0.25, 0.3) is 21.8 Å². The molecule has 11 rings (SSSR count). The van der Waals surface area contributed by atoms with Gasteiger partial charge in [0.1, 0.15) is 11.5 Å². The fraction of sp³-hybridized carbons (Fsp3) is 0.714. The summed E-state index contributed by atoms with van der Waals surface area (Å²) in [6, 6.07) is 16.5. The van der Waals surface area contributed by atoms with E-state index in [-0.39, 0.29) is 12.1 Å². The predicted molar refractivity (Wildman–Crippen MR) is 290 cm³/mol. The number of benzene rings is 2. The molecule has 8 nitrogen and oxygen atoms in total. The summed E-state index contributed by atoms with van der Waals surface area (Å²) in [6.07, 6.45) is 34.2. The normalized spacial score (nSPS) is 32.7. The molecule has 7 aliphatic rings. The zero-order valence-electron chi connectivity index (χ0n) is 44.7. The maximum absolute atomic E-state index is 11.9. The molecule has 15 atom stereocenters. The summed E-state index contributed by atoms with van der Waals surface area (Å²) in [4.78, 5) is 14.6. The highest BCUT2D eigenvalue weighted by atomic mass is 16.5. The monoisotopic (exact) mass is 969 g/mol. The van der Waals surface area contributed by atoms with Gasteiger partial charge in [0.2, 0.25) is 0 Å². The van der Waals surface area contributed by atoms with Gasteiger partial charge in [0, 0.05) is 53.9 Å². The summed E-state index contributed by atoms with van der Waals surface area (Å²) in [5, 5.41) is 25.9. The first-order chi connectivity index (χ1) is 34.7. The number of aliphatic hydroxyl groups excluding tert-OH is 2. The van der Waals surface area contributed by atoms with Gasteiger partial charge in [-0.15, -0.1) is 0 Å². The van der Waals surface area contributed by atoms with E-state index in [1.54, 1.807) is 14.2 Å². The molecule has 5 saturated heterocycles. The number of piperidine rings is 4. The number of aliphatic hydroxyl groups is 2. The van der Waals surface area contributed by atoms with E-state index >= 15 is 0 Å². The van der Waals surface area contributed by atoms with Crippen molar-refractivity contribution in [2.75, 3.05) is 33.9 Å². The largest absolute Gasteiger partial charge is 0.497 e. The van der Waals surface area contributed by atoms with E-state index < -0.39 is 12.2 Å². The minimum Gasteiger partial charge on any atom is -0.497 e. The highest BCUT2D eigenvalue weighted by molar-refractivity contribution is 5.84. The Morgan fingerprint density at radius 3 is 1.80 bits per heavy atom. The van der Waals surface area contributed by atoms with Crippen LogP contribution in [-0.2, 0) is 0 Å². The van der Waals surface area contributed by atoms with Gasteiger partial charge in [-0.1, -0.05) is 124 Å². The van der Waals surface area contributed by atoms with Crippen molar-refractivity contribution in [3.63, 3.8) is 0 Å². The Morgan fingerprint density at radius 2 is 1.25 bits per heavy atom. The van der Waals surface area contributed by atoms with Crippen LogP contribution >= 0.6 is 0 Å². The van der Waals surface area contributed by atoms with Gasteiger partial charge in [-0.3, -0.25) is 19.8 Å². The molecular weight excluding hydrogens is 877 g/mol. The van der Waals surface area contributed by atoms with Crippen LogP contribution < -0.4 is 9.47 Å². The molecule has 7 fully saturated rings. The van der Waals surface area contributed by atoms with Gasteiger partial charge in [-0.25, -0.2) is 0 Å². The third kappa shape index (κ3) is 11.1. The van der Waals surface area contributed by atoms with Gasteiger partial charge in [0.05, 0.1) is 37.5 Å². The molecule has 388 valence electrons. The minimum absolute atomic E-state index is 0.180. The van der Waals surface area contributed by atoms with E-state index in [1.807, 2.05) is 60.9 Å². The van der Waals surface area contributed by atoms with E-state index in [1.165, 1.54) is 141 Å². The Balaban J connectivity index is 0.728. The molecule has 0 radical (unpaired) electrons. The van der Waals surface area contributed by atoms with Gasteiger partial charge in [-0.2, -0.15) is 0 Å². The van der Waals surface area contributed by atoms with Crippen molar-refractivity contribution in [2.45, 2.75) is 198 Å². The molecule has 0 amide bonds. The number of fused-ring (bicyclic) bond motifs is 5. The molecule has 5 aliphatic heterocycles. The first-order valence-corrected chi connectivity index (χ1v) is 29.4. The van der Waals surface area contributed by atoms with Crippen molar-refractivity contribution in [2.24, 2.45) is 53.3 Å². The summed E-state index contributed by atoms with van der Waals surface area (Å²) in [7, 11) is 3.42. The highest BCUT2D eigenvalue weighted by Crippen LogP contribution is 2.69. The lowest BCUT2D eigenvalue weighted by atomic mass is 9.71. The number of ether oxygens (including phenoxy) is 2. The molecule has 8 heteroatoms. The van der Waals surface area contributed by atoms with Gasteiger partial charge < -0.3 is 19.7 Å². The fourth-order valence-electron chi connectivity index (χ4n) is 16.5. The summed E-state index contributed by atoms with van der Waals surface area (Å²) < 4.78 is 11.1. The lowest BCUT2D eigenvalue weighted by Crippen LogP contribution is -2.58. The Hall–Kier alpha value is -3.30. The van der Waals surface area contributed by atoms with Crippen molar-refractivity contribution in [3.05, 3.63) is 72.1 Å². The second-order valence-corrected chi connectivity index (χ2v) is 24.6. The number of hydrogen-bond acceptors (Lipinski definition) is 8. The number of methoxy groups -OCH3 is 2. The van der Waals surface area contributed by atoms with Crippen LogP contribution in [0, 0.1) is 53.3 Å². The first kappa shape index (κ1) is 51.2. The van der Waals surface area contributed by atoms with Crippen LogP contribution in [-0.4, -0.2) is 81.5 Å². The molecule has 2 N–H and O–H groups in total. The van der Waals surface area contributed by atoms with Crippen molar-refractivity contribution in [1.82, 2.24) is 19.8 Å². The zero-order valence-corrected chi connectivity index (χ0v) is 44.7. The third-order valence-electron chi connectivity index (χ3n) is 20.6. The average molecular weight is 969 g/mol. The standard InChI is InChI=1S/C63H92N4O4/c1-6-13-46(7-2)42(3)34-45-20-9-16-43(18-11-22-48-40-66-33-30-47(48)35-59(66)61(68)52-28-31-64-57-26-24-50(70-4)36-54(52)57)14-8-15-44(17-10-21-45)19-12-23-49-41-67-60(39-63(67)38-56(49)63)62(69)53-29-32-65-58-27-25-51(71-5)37-55(53)58/h24-29,31-32,36-37,42-49,56,59-62,68-69H,6-23,30,33-35,38-41H2,1-5H3. The van der Waals surface area contributed by atoms with Crippen molar-refractivity contribution >= 4 is 21.8 Å². The summed E-state index contributed by atoms with van der Waals surface area (Å²) >= 11 is 0. The first-order valence-electron chi connectivity index (χ1n) is 29.4. The maximum atomic E-state index is 11.9. The number of pyridine rings is 2. The van der Waals surface area contributed by atoms with E-state index in [9.17, 15) is 10.2 Å². The highest BCUT2D eigenvalue weighted by Gasteiger charge is 2.73. The molecule has 2 saturated carbocycles. The SMILES string of the molecule is CCCC(CC)C(C)CC1CCCC(CCCC2CN3CCC2CC3C(O)c2ccnc3ccc(OC)cc23)CCCC(CCCC2CN3C(C(O)c4ccnc5ccc(OC)cc45)CC34CC24)CCC1. The van der Waals surface area contributed by atoms with Crippen LogP contribution in [0.5, 0.6) is 11.5 Å². The lowest BCUT2D eigenvalue weighted by Gasteiger charge is -2.51. The van der Waals surface area contributed by atoms with Crippen LogP contribution in [0.2, 0.25) is 0 Å². The smallest absolute Gasteiger partial charge is 0.119 e. The molecule has 2 aromatic carbocycles. The van der Waals surface area contributed by atoms with Crippen molar-refractivity contribution in [3.8, 4) is 11.5 Å². The van der Waals surface area contributed by atoms with Crippen LogP contribution in [0.4, 0.5) is 0 Å². The van der Waals surface area contributed by atoms with Gasteiger partial charge >= 0.3 is 0 Å². The fourth-order valence-corrected chi connectivity index (χ4v) is 16.5. The molecule has 2 aromatic heterocycles. The summed E-state index contributed by atoms with van der Waals surface area (Å²) in [5.41, 5.74) is 4.22. The molecule has 4 aromatic rings. The molecule has 2 bridgehead atoms. The predicted octanol–water partition coefficient (Wildman–Crippen LogP) is 14.3. The topological polar surface area (TPSA) is 91.2 Å². The van der Waals surface area contributed by atoms with Crippen LogP contribution in [0.15, 0.2) is 60.9 Å². The summed E-state index contributed by atoms with van der Waals surface area (Å²) in [6.45, 7) is 10.8. The Kier molecular flexibility index (Phi) is 16.6. The third-order valence-corrected chi connectivity index (χ3v) is 20.6. The van der Waals surface area contributed by atoms with Gasteiger partial charge in [-0.05, 0) is 164 Å². The van der Waals surface area contributed by atoms with Gasteiger partial charge in [0.15, 0.2) is 0 Å². The number of hydrogen-bond donors (Lipinski definition) is 2. The van der Waals surface area contributed by atoms with Crippen molar-refractivity contribution < 1.29 is 19.7 Å². The minimum atomic E-state index is -0.511. The molecule has 71 heavy (non-hydrogen) atoms. The molecule has 2 aliphatic carbocycles. The number of rotatable bonds is 20. The Labute approximate surface area is 428 Å². The second kappa shape index (κ2) is 23.1. The number of aromatic nitrogens is 2. The average Bonchev–Trinajstić information content (AvgIpc) is 4.11. The molecular formula is C63H92N4O4. The van der Waals surface area contributed by atoms with Crippen LogP contribution in [0.3, 0.4) is 0 Å².